The lowest BCUT2D eigenvalue weighted by molar-refractivity contribution is 0.296. The molecule has 0 aromatic heterocycles. The first-order chi connectivity index (χ1) is 9.59. The summed E-state index contributed by atoms with van der Waals surface area (Å²) in [4.78, 5) is 2.44. The van der Waals surface area contributed by atoms with E-state index in [2.05, 4.69) is 10.2 Å². The van der Waals surface area contributed by atoms with Gasteiger partial charge >= 0.3 is 0 Å². The Hall–Kier alpha value is -0.000000000000000111. The van der Waals surface area contributed by atoms with Gasteiger partial charge in [0.05, 0.1) is 5.02 Å². The normalized spacial score (nSPS) is 18.2. The molecule has 0 amide bonds. The van der Waals surface area contributed by atoms with E-state index in [1.165, 1.54) is 17.6 Å². The van der Waals surface area contributed by atoms with Gasteiger partial charge in [0, 0.05) is 54.3 Å². The Labute approximate surface area is 134 Å². The highest BCUT2D eigenvalue weighted by Gasteiger charge is 2.17. The van der Waals surface area contributed by atoms with Crippen LogP contribution in [0.25, 0.3) is 0 Å². The molecule has 1 saturated heterocycles. The van der Waals surface area contributed by atoms with Gasteiger partial charge in [-0.2, -0.15) is 11.8 Å². The summed E-state index contributed by atoms with van der Waals surface area (Å²) >= 11 is 14.1. The van der Waals surface area contributed by atoms with E-state index in [0.717, 1.165) is 26.2 Å². The summed E-state index contributed by atoms with van der Waals surface area (Å²) in [6.45, 7) is 6.08. The van der Waals surface area contributed by atoms with Gasteiger partial charge in [0.1, 0.15) is 5.82 Å². The van der Waals surface area contributed by atoms with Crippen LogP contribution in [0.2, 0.25) is 10.0 Å². The summed E-state index contributed by atoms with van der Waals surface area (Å²) in [6.07, 6.45) is 0. The highest BCUT2D eigenvalue weighted by atomic mass is 35.5. The Balaban J connectivity index is 1.88. The zero-order chi connectivity index (χ0) is 14.5. The minimum atomic E-state index is -0.423. The van der Waals surface area contributed by atoms with Crippen molar-refractivity contribution in [1.29, 1.82) is 0 Å². The second kappa shape index (κ2) is 7.85. The molecule has 1 atom stereocenters. The maximum atomic E-state index is 13.5. The molecule has 2 nitrogen and oxygen atoms in total. The van der Waals surface area contributed by atoms with Crippen molar-refractivity contribution in [2.75, 3.05) is 37.7 Å². The Kier molecular flexibility index (Phi) is 6.43. The summed E-state index contributed by atoms with van der Waals surface area (Å²) < 4.78 is 13.5. The number of rotatable bonds is 5. The van der Waals surface area contributed by atoms with Gasteiger partial charge < -0.3 is 10.2 Å². The van der Waals surface area contributed by atoms with E-state index in [1.54, 1.807) is 6.07 Å². The first-order valence-electron chi connectivity index (χ1n) is 6.76. The number of hydrogen-bond donors (Lipinski definition) is 1. The van der Waals surface area contributed by atoms with Crippen LogP contribution in [0.15, 0.2) is 12.1 Å². The Morgan fingerprint density at radius 2 is 2.05 bits per heavy atom. The quantitative estimate of drug-likeness (QED) is 0.822. The highest BCUT2D eigenvalue weighted by molar-refractivity contribution is 7.99. The molecule has 1 aliphatic rings. The maximum absolute atomic E-state index is 13.5. The Morgan fingerprint density at radius 1 is 1.35 bits per heavy atom. The van der Waals surface area contributed by atoms with Crippen LogP contribution < -0.4 is 5.32 Å². The Bertz CT molecular complexity index is 453. The van der Waals surface area contributed by atoms with Gasteiger partial charge in [-0.15, -0.1) is 0 Å². The van der Waals surface area contributed by atoms with E-state index in [9.17, 15) is 4.39 Å². The van der Waals surface area contributed by atoms with E-state index in [4.69, 9.17) is 23.2 Å². The zero-order valence-corrected chi connectivity index (χ0v) is 13.8. The van der Waals surface area contributed by atoms with Gasteiger partial charge in [0.25, 0.3) is 0 Å². The molecular formula is C14H19Cl2FN2S. The third kappa shape index (κ3) is 4.25. The SMILES string of the molecule is CC(NCCN1CCSCC1)c1c(Cl)ccc(F)c1Cl. The summed E-state index contributed by atoms with van der Waals surface area (Å²) in [7, 11) is 0. The maximum Gasteiger partial charge on any atom is 0.142 e. The van der Waals surface area contributed by atoms with Gasteiger partial charge in [-0.25, -0.2) is 4.39 Å². The average molecular weight is 337 g/mol. The van der Waals surface area contributed by atoms with Crippen molar-refractivity contribution in [3.8, 4) is 0 Å². The third-order valence-corrected chi connectivity index (χ3v) is 5.15. The number of halogens is 3. The molecule has 1 aromatic rings. The molecule has 1 N–H and O–H groups in total. The summed E-state index contributed by atoms with van der Waals surface area (Å²) in [5.41, 5.74) is 0.641. The van der Waals surface area contributed by atoms with Crippen LogP contribution in [0.3, 0.4) is 0 Å². The predicted molar refractivity (Wildman–Crippen MR) is 86.6 cm³/mol. The lowest BCUT2D eigenvalue weighted by atomic mass is 10.1. The second-order valence-electron chi connectivity index (χ2n) is 4.89. The Morgan fingerprint density at radius 3 is 2.75 bits per heavy atom. The number of hydrogen-bond acceptors (Lipinski definition) is 3. The standard InChI is InChI=1S/C14H19Cl2FN2S/c1-10(13-11(15)2-3-12(17)14(13)16)18-4-5-19-6-8-20-9-7-19/h2-3,10,18H,4-9H2,1H3. The van der Waals surface area contributed by atoms with Crippen molar-refractivity contribution in [1.82, 2.24) is 10.2 Å². The van der Waals surface area contributed by atoms with Gasteiger partial charge in [0.15, 0.2) is 0 Å². The van der Waals surface area contributed by atoms with Crippen LogP contribution in [0.4, 0.5) is 4.39 Å². The van der Waals surface area contributed by atoms with E-state index < -0.39 is 5.82 Å². The fourth-order valence-electron chi connectivity index (χ4n) is 2.31. The molecule has 2 rings (SSSR count). The van der Waals surface area contributed by atoms with Crippen molar-refractivity contribution in [3.05, 3.63) is 33.6 Å². The zero-order valence-electron chi connectivity index (χ0n) is 11.5. The second-order valence-corrected chi connectivity index (χ2v) is 6.90. The van der Waals surface area contributed by atoms with E-state index in [-0.39, 0.29) is 11.1 Å². The molecule has 1 aromatic carbocycles. The third-order valence-electron chi connectivity index (χ3n) is 3.49. The van der Waals surface area contributed by atoms with Crippen molar-refractivity contribution >= 4 is 35.0 Å². The molecule has 0 bridgehead atoms. The molecule has 0 spiro atoms. The number of benzene rings is 1. The predicted octanol–water partition coefficient (Wildman–Crippen LogP) is 3.83. The molecule has 1 aliphatic heterocycles. The number of thioether (sulfide) groups is 1. The van der Waals surface area contributed by atoms with E-state index in [0.29, 0.717) is 10.6 Å². The van der Waals surface area contributed by atoms with Crippen molar-refractivity contribution in [3.63, 3.8) is 0 Å². The van der Waals surface area contributed by atoms with Crippen LogP contribution in [0.1, 0.15) is 18.5 Å². The summed E-state index contributed by atoms with van der Waals surface area (Å²) in [5, 5.41) is 3.99. The lowest BCUT2D eigenvalue weighted by Gasteiger charge is -2.27. The fourth-order valence-corrected chi connectivity index (χ4v) is 3.98. The number of nitrogens with one attached hydrogen (secondary N) is 1. The molecular weight excluding hydrogens is 318 g/mol. The number of nitrogens with zero attached hydrogens (tertiary/aromatic N) is 1. The van der Waals surface area contributed by atoms with Crippen LogP contribution in [-0.2, 0) is 0 Å². The molecule has 1 unspecified atom stereocenters. The largest absolute Gasteiger partial charge is 0.309 e. The van der Waals surface area contributed by atoms with Gasteiger partial charge in [0.2, 0.25) is 0 Å². The first-order valence-corrected chi connectivity index (χ1v) is 8.67. The molecule has 0 aliphatic carbocycles. The van der Waals surface area contributed by atoms with Gasteiger partial charge in [-0.1, -0.05) is 23.2 Å². The fraction of sp³-hybridized carbons (Fsp3) is 0.571. The van der Waals surface area contributed by atoms with Crippen molar-refractivity contribution in [2.45, 2.75) is 13.0 Å². The van der Waals surface area contributed by atoms with E-state index >= 15 is 0 Å². The average Bonchev–Trinajstić information content (AvgIpc) is 2.44. The summed E-state index contributed by atoms with van der Waals surface area (Å²) in [5.74, 6) is 1.99. The lowest BCUT2D eigenvalue weighted by Crippen LogP contribution is -2.38. The molecule has 0 radical (unpaired) electrons. The van der Waals surface area contributed by atoms with Crippen LogP contribution >= 0.6 is 35.0 Å². The van der Waals surface area contributed by atoms with Crippen molar-refractivity contribution in [2.24, 2.45) is 0 Å². The first kappa shape index (κ1) is 16.4. The topological polar surface area (TPSA) is 15.3 Å². The van der Waals surface area contributed by atoms with E-state index in [1.807, 2.05) is 18.7 Å². The van der Waals surface area contributed by atoms with Crippen LogP contribution in [0, 0.1) is 5.82 Å². The monoisotopic (exact) mass is 336 g/mol. The molecule has 0 saturated carbocycles. The molecule has 1 fully saturated rings. The summed E-state index contributed by atoms with van der Waals surface area (Å²) in [6, 6.07) is 2.79. The molecule has 6 heteroatoms. The van der Waals surface area contributed by atoms with Crippen molar-refractivity contribution < 1.29 is 4.39 Å². The molecule has 112 valence electrons. The minimum Gasteiger partial charge on any atom is -0.309 e. The highest BCUT2D eigenvalue weighted by Crippen LogP contribution is 2.32. The van der Waals surface area contributed by atoms with Gasteiger partial charge in [-0.05, 0) is 19.1 Å². The molecule has 20 heavy (non-hydrogen) atoms. The van der Waals surface area contributed by atoms with Crippen LogP contribution in [-0.4, -0.2) is 42.6 Å². The molecule has 1 heterocycles. The van der Waals surface area contributed by atoms with Gasteiger partial charge in [-0.3, -0.25) is 0 Å². The smallest absolute Gasteiger partial charge is 0.142 e. The minimum absolute atomic E-state index is 0.0649. The van der Waals surface area contributed by atoms with Crippen LogP contribution in [0.5, 0.6) is 0 Å².